The molecule has 1 aromatic rings. The molecule has 1 aromatic carbocycles. The van der Waals surface area contributed by atoms with Crippen LogP contribution in [0.5, 0.6) is 0 Å². The Hall–Kier alpha value is -1.88. The number of aliphatic carboxylic acids is 1. The first kappa shape index (κ1) is 15.5. The topological polar surface area (TPSA) is 66.8 Å². The molecule has 0 radical (unpaired) electrons. The molecule has 0 atom stereocenters. The van der Waals surface area contributed by atoms with Crippen molar-refractivity contribution in [2.75, 3.05) is 19.7 Å². The molecular formula is C16H21NO4. The van der Waals surface area contributed by atoms with Crippen molar-refractivity contribution >= 4 is 11.9 Å². The van der Waals surface area contributed by atoms with E-state index < -0.39 is 5.97 Å². The maximum Gasteiger partial charge on any atom is 0.303 e. The third-order valence-electron chi connectivity index (χ3n) is 3.77. The van der Waals surface area contributed by atoms with Gasteiger partial charge in [-0.3, -0.25) is 9.59 Å². The summed E-state index contributed by atoms with van der Waals surface area (Å²) in [7, 11) is 0. The SMILES string of the molecule is O=C(O)CC1CCN(C(=O)COCc2ccccc2)CC1. The Morgan fingerprint density at radius 1 is 1.19 bits per heavy atom. The van der Waals surface area contributed by atoms with Crippen LogP contribution < -0.4 is 0 Å². The number of carboxylic acids is 1. The molecule has 21 heavy (non-hydrogen) atoms. The van der Waals surface area contributed by atoms with Gasteiger partial charge in [-0.15, -0.1) is 0 Å². The van der Waals surface area contributed by atoms with Gasteiger partial charge in [-0.05, 0) is 24.3 Å². The Bertz CT molecular complexity index is 466. The van der Waals surface area contributed by atoms with Crippen LogP contribution >= 0.6 is 0 Å². The van der Waals surface area contributed by atoms with E-state index in [0.29, 0.717) is 19.7 Å². The summed E-state index contributed by atoms with van der Waals surface area (Å²) in [6.45, 7) is 1.78. The summed E-state index contributed by atoms with van der Waals surface area (Å²) in [6.07, 6.45) is 1.72. The minimum absolute atomic E-state index is 0.0142. The summed E-state index contributed by atoms with van der Waals surface area (Å²) in [5, 5.41) is 8.76. The zero-order valence-corrected chi connectivity index (χ0v) is 12.0. The van der Waals surface area contributed by atoms with Crippen molar-refractivity contribution in [1.29, 1.82) is 0 Å². The number of amides is 1. The Balaban J connectivity index is 1.67. The van der Waals surface area contributed by atoms with Crippen molar-refractivity contribution in [3.63, 3.8) is 0 Å². The van der Waals surface area contributed by atoms with Gasteiger partial charge in [0, 0.05) is 19.5 Å². The smallest absolute Gasteiger partial charge is 0.303 e. The molecule has 0 aliphatic carbocycles. The standard InChI is InChI=1S/C16H21NO4/c18-15(12-21-11-14-4-2-1-3-5-14)17-8-6-13(7-9-17)10-16(19)20/h1-5,13H,6-12H2,(H,19,20). The lowest BCUT2D eigenvalue weighted by molar-refractivity contribution is -0.139. The number of hydrogen-bond donors (Lipinski definition) is 1. The highest BCUT2D eigenvalue weighted by Gasteiger charge is 2.24. The first-order valence-electron chi connectivity index (χ1n) is 7.26. The van der Waals surface area contributed by atoms with Crippen molar-refractivity contribution in [2.24, 2.45) is 5.92 Å². The summed E-state index contributed by atoms with van der Waals surface area (Å²) in [5.41, 5.74) is 1.05. The number of rotatable bonds is 6. The number of benzene rings is 1. The van der Waals surface area contributed by atoms with E-state index >= 15 is 0 Å². The first-order chi connectivity index (χ1) is 10.1. The number of carbonyl (C=O) groups is 2. The van der Waals surface area contributed by atoms with Gasteiger partial charge in [0.15, 0.2) is 0 Å². The minimum atomic E-state index is -0.758. The van der Waals surface area contributed by atoms with Crippen LogP contribution in [0, 0.1) is 5.92 Å². The fraction of sp³-hybridized carbons (Fsp3) is 0.500. The molecule has 1 aliphatic rings. The monoisotopic (exact) mass is 291 g/mol. The molecule has 2 rings (SSSR count). The van der Waals surface area contributed by atoms with Gasteiger partial charge >= 0.3 is 5.97 Å². The number of hydrogen-bond acceptors (Lipinski definition) is 3. The Labute approximate surface area is 124 Å². The van der Waals surface area contributed by atoms with E-state index in [1.54, 1.807) is 4.90 Å². The molecule has 114 valence electrons. The Morgan fingerprint density at radius 2 is 1.86 bits per heavy atom. The number of carbonyl (C=O) groups excluding carboxylic acids is 1. The van der Waals surface area contributed by atoms with Crippen LogP contribution in [-0.4, -0.2) is 41.6 Å². The molecule has 1 aliphatic heterocycles. The molecule has 1 amide bonds. The number of likely N-dealkylation sites (tertiary alicyclic amines) is 1. The first-order valence-corrected chi connectivity index (χ1v) is 7.26. The largest absolute Gasteiger partial charge is 0.481 e. The molecule has 1 saturated heterocycles. The summed E-state index contributed by atoms with van der Waals surface area (Å²) in [5.74, 6) is -0.581. The second-order valence-corrected chi connectivity index (χ2v) is 5.40. The van der Waals surface area contributed by atoms with E-state index in [9.17, 15) is 9.59 Å². The van der Waals surface area contributed by atoms with Gasteiger partial charge in [-0.1, -0.05) is 30.3 Å². The van der Waals surface area contributed by atoms with Crippen molar-refractivity contribution in [2.45, 2.75) is 25.9 Å². The van der Waals surface area contributed by atoms with E-state index in [1.165, 1.54) is 0 Å². The number of piperidine rings is 1. The summed E-state index contributed by atoms with van der Waals surface area (Å²) < 4.78 is 5.44. The second-order valence-electron chi connectivity index (χ2n) is 5.40. The molecule has 1 fully saturated rings. The van der Waals surface area contributed by atoms with Crippen molar-refractivity contribution in [1.82, 2.24) is 4.90 Å². The summed E-state index contributed by atoms with van der Waals surface area (Å²) >= 11 is 0. The molecule has 5 nitrogen and oxygen atoms in total. The fourth-order valence-electron chi connectivity index (χ4n) is 2.56. The normalized spacial score (nSPS) is 15.9. The lowest BCUT2D eigenvalue weighted by Crippen LogP contribution is -2.40. The summed E-state index contributed by atoms with van der Waals surface area (Å²) in [4.78, 5) is 24.4. The van der Waals surface area contributed by atoms with Gasteiger partial charge in [-0.25, -0.2) is 0 Å². The lowest BCUT2D eigenvalue weighted by Gasteiger charge is -2.31. The molecule has 1 N–H and O–H groups in total. The van der Waals surface area contributed by atoms with Crippen LogP contribution in [0.15, 0.2) is 30.3 Å². The molecule has 0 bridgehead atoms. The fourth-order valence-corrected chi connectivity index (χ4v) is 2.56. The quantitative estimate of drug-likeness (QED) is 0.869. The van der Waals surface area contributed by atoms with Gasteiger partial charge in [0.25, 0.3) is 0 Å². The zero-order chi connectivity index (χ0) is 15.1. The van der Waals surface area contributed by atoms with Gasteiger partial charge in [0.05, 0.1) is 6.61 Å². The maximum atomic E-state index is 12.0. The van der Waals surface area contributed by atoms with Crippen LogP contribution in [0.25, 0.3) is 0 Å². The van der Waals surface area contributed by atoms with Gasteiger partial charge in [0.1, 0.15) is 6.61 Å². The van der Waals surface area contributed by atoms with E-state index in [1.807, 2.05) is 30.3 Å². The van der Waals surface area contributed by atoms with E-state index in [0.717, 1.165) is 18.4 Å². The predicted molar refractivity (Wildman–Crippen MR) is 77.7 cm³/mol. The Morgan fingerprint density at radius 3 is 2.48 bits per heavy atom. The molecule has 5 heteroatoms. The van der Waals surface area contributed by atoms with Crippen LogP contribution in [0.2, 0.25) is 0 Å². The maximum absolute atomic E-state index is 12.0. The van der Waals surface area contributed by atoms with Crippen molar-refractivity contribution in [3.8, 4) is 0 Å². The van der Waals surface area contributed by atoms with E-state index in [-0.39, 0.29) is 24.9 Å². The summed E-state index contributed by atoms with van der Waals surface area (Å²) in [6, 6.07) is 9.74. The minimum Gasteiger partial charge on any atom is -0.481 e. The van der Waals surface area contributed by atoms with Gasteiger partial charge in [-0.2, -0.15) is 0 Å². The van der Waals surface area contributed by atoms with Crippen LogP contribution in [0.4, 0.5) is 0 Å². The highest BCUT2D eigenvalue weighted by Crippen LogP contribution is 2.20. The highest BCUT2D eigenvalue weighted by molar-refractivity contribution is 5.77. The van der Waals surface area contributed by atoms with Crippen molar-refractivity contribution < 1.29 is 19.4 Å². The zero-order valence-electron chi connectivity index (χ0n) is 12.0. The van der Waals surface area contributed by atoms with Crippen LogP contribution in [0.3, 0.4) is 0 Å². The van der Waals surface area contributed by atoms with E-state index in [4.69, 9.17) is 9.84 Å². The molecule has 1 heterocycles. The number of ether oxygens (including phenoxy) is 1. The average molecular weight is 291 g/mol. The predicted octanol–water partition coefficient (Wildman–Crippen LogP) is 1.92. The molecule has 0 saturated carbocycles. The molecule has 0 unspecified atom stereocenters. The lowest BCUT2D eigenvalue weighted by atomic mass is 9.94. The average Bonchev–Trinajstić information content (AvgIpc) is 2.48. The molecule has 0 aromatic heterocycles. The third-order valence-corrected chi connectivity index (χ3v) is 3.77. The number of nitrogens with zero attached hydrogens (tertiary/aromatic N) is 1. The van der Waals surface area contributed by atoms with Gasteiger partial charge in [0.2, 0.25) is 5.91 Å². The third kappa shape index (κ3) is 5.19. The van der Waals surface area contributed by atoms with Gasteiger partial charge < -0.3 is 14.7 Å². The van der Waals surface area contributed by atoms with Crippen molar-refractivity contribution in [3.05, 3.63) is 35.9 Å². The second kappa shape index (κ2) is 7.78. The van der Waals surface area contributed by atoms with Crippen LogP contribution in [0.1, 0.15) is 24.8 Å². The molecule has 0 spiro atoms. The van der Waals surface area contributed by atoms with E-state index in [2.05, 4.69) is 0 Å². The highest BCUT2D eigenvalue weighted by atomic mass is 16.5. The number of carboxylic acid groups (broad SMARTS) is 1. The van der Waals surface area contributed by atoms with Crippen LogP contribution in [-0.2, 0) is 20.9 Å². The Kier molecular flexibility index (Phi) is 5.75. The molecular weight excluding hydrogens is 270 g/mol.